The highest BCUT2D eigenvalue weighted by Gasteiger charge is 2.40. The Morgan fingerprint density at radius 3 is 2.33 bits per heavy atom. The van der Waals surface area contributed by atoms with Crippen molar-refractivity contribution in [2.24, 2.45) is 0 Å². The van der Waals surface area contributed by atoms with Crippen LogP contribution in [0.2, 0.25) is 0 Å². The zero-order chi connectivity index (χ0) is 18.3. The first kappa shape index (κ1) is 19.6. The Bertz CT molecular complexity index is 589. The first-order valence-electron chi connectivity index (χ1n) is 6.86. The second kappa shape index (κ2) is 8.42. The molecule has 0 saturated heterocycles. The van der Waals surface area contributed by atoms with Gasteiger partial charge in [0.15, 0.2) is 0 Å². The van der Waals surface area contributed by atoms with Crippen molar-refractivity contribution in [1.82, 2.24) is 5.32 Å². The van der Waals surface area contributed by atoms with Crippen LogP contribution in [0.3, 0.4) is 0 Å². The van der Waals surface area contributed by atoms with E-state index < -0.39 is 30.5 Å². The van der Waals surface area contributed by atoms with Crippen LogP contribution in [0.1, 0.15) is 12.0 Å². The molecule has 0 aliphatic carbocycles. The third-order valence-electron chi connectivity index (χ3n) is 3.19. The van der Waals surface area contributed by atoms with Crippen molar-refractivity contribution in [3.63, 3.8) is 0 Å². The van der Waals surface area contributed by atoms with Crippen molar-refractivity contribution in [1.29, 1.82) is 0 Å². The van der Waals surface area contributed by atoms with Gasteiger partial charge >= 0.3 is 18.1 Å². The maximum Gasteiger partial charge on any atom is 0.471 e. The van der Waals surface area contributed by atoms with E-state index in [2.05, 4.69) is 4.74 Å². The highest BCUT2D eigenvalue weighted by atomic mass is 19.4. The van der Waals surface area contributed by atoms with Crippen molar-refractivity contribution in [3.05, 3.63) is 23.8 Å². The van der Waals surface area contributed by atoms with Crippen LogP contribution < -0.4 is 14.8 Å². The van der Waals surface area contributed by atoms with E-state index in [1.807, 2.05) is 0 Å². The molecule has 1 aromatic carbocycles. The molecule has 1 aromatic rings. The quantitative estimate of drug-likeness (QED) is 0.761. The molecular formula is C15H18F3NO5. The predicted molar refractivity (Wildman–Crippen MR) is 77.9 cm³/mol. The standard InChI is InChI=1S/C15H18F3NO5/c1-22-11-5-4-9(12(8-11)23-2)6-10(7-13(20)24-3)19-14(21)15(16,17)18/h4-5,8,10H,6-7H2,1-3H3,(H,19,21)/t10-/m1/s1. The Morgan fingerprint density at radius 2 is 1.83 bits per heavy atom. The molecule has 1 amide bonds. The van der Waals surface area contributed by atoms with Gasteiger partial charge in [-0.05, 0) is 18.1 Å². The molecule has 9 heteroatoms. The van der Waals surface area contributed by atoms with Crippen LogP contribution in [0.15, 0.2) is 18.2 Å². The number of carbonyl (C=O) groups excluding carboxylic acids is 2. The van der Waals surface area contributed by atoms with Gasteiger partial charge in [-0.25, -0.2) is 0 Å². The molecule has 0 aliphatic rings. The molecule has 0 heterocycles. The summed E-state index contributed by atoms with van der Waals surface area (Å²) in [7, 11) is 3.96. The second-order valence-electron chi connectivity index (χ2n) is 4.83. The van der Waals surface area contributed by atoms with Crippen molar-refractivity contribution in [2.75, 3.05) is 21.3 Å². The molecule has 0 unspecified atom stereocenters. The van der Waals surface area contributed by atoms with Crippen LogP contribution in [0, 0.1) is 0 Å². The number of halogens is 3. The summed E-state index contributed by atoms with van der Waals surface area (Å²) in [4.78, 5) is 22.5. The third kappa shape index (κ3) is 5.64. The number of amides is 1. The van der Waals surface area contributed by atoms with E-state index in [0.29, 0.717) is 17.1 Å². The van der Waals surface area contributed by atoms with Gasteiger partial charge in [-0.3, -0.25) is 9.59 Å². The van der Waals surface area contributed by atoms with Gasteiger partial charge < -0.3 is 19.5 Å². The van der Waals surface area contributed by atoms with Crippen LogP contribution in [0.4, 0.5) is 13.2 Å². The second-order valence-corrected chi connectivity index (χ2v) is 4.83. The van der Waals surface area contributed by atoms with E-state index in [4.69, 9.17) is 9.47 Å². The normalized spacial score (nSPS) is 12.2. The van der Waals surface area contributed by atoms with Crippen LogP contribution in [0.25, 0.3) is 0 Å². The number of nitrogens with one attached hydrogen (secondary N) is 1. The summed E-state index contributed by atoms with van der Waals surface area (Å²) in [6.07, 6.45) is -5.50. The summed E-state index contributed by atoms with van der Waals surface area (Å²) in [5.74, 6) is -2.00. The average Bonchev–Trinajstić information content (AvgIpc) is 2.53. The van der Waals surface area contributed by atoms with E-state index in [1.165, 1.54) is 14.2 Å². The lowest BCUT2D eigenvalue weighted by atomic mass is 10.0. The zero-order valence-electron chi connectivity index (χ0n) is 13.4. The molecule has 0 aromatic heterocycles. The minimum Gasteiger partial charge on any atom is -0.497 e. The van der Waals surface area contributed by atoms with Gasteiger partial charge in [0.05, 0.1) is 27.8 Å². The summed E-state index contributed by atoms with van der Waals surface area (Å²) in [5.41, 5.74) is 0.509. The number of carbonyl (C=O) groups is 2. The first-order valence-corrected chi connectivity index (χ1v) is 6.86. The van der Waals surface area contributed by atoms with Crippen LogP contribution in [-0.2, 0) is 20.7 Å². The molecule has 1 N–H and O–H groups in total. The van der Waals surface area contributed by atoms with Gasteiger partial charge in [0.1, 0.15) is 11.5 Å². The van der Waals surface area contributed by atoms with Crippen molar-refractivity contribution < 1.29 is 37.0 Å². The Kier molecular flexibility index (Phi) is 6.87. The van der Waals surface area contributed by atoms with Gasteiger partial charge in [-0.15, -0.1) is 0 Å². The van der Waals surface area contributed by atoms with E-state index in [0.717, 1.165) is 7.11 Å². The fourth-order valence-electron chi connectivity index (χ4n) is 2.01. The Hall–Kier alpha value is -2.45. The molecule has 0 aliphatic heterocycles. The molecule has 1 rings (SSSR count). The molecule has 24 heavy (non-hydrogen) atoms. The molecule has 0 fully saturated rings. The summed E-state index contributed by atoms with van der Waals surface area (Å²) < 4.78 is 52.0. The summed E-state index contributed by atoms with van der Waals surface area (Å²) in [6.45, 7) is 0. The smallest absolute Gasteiger partial charge is 0.471 e. The van der Waals surface area contributed by atoms with Gasteiger partial charge in [-0.1, -0.05) is 6.07 Å². The number of alkyl halides is 3. The Labute approximate surface area is 136 Å². The monoisotopic (exact) mass is 349 g/mol. The molecular weight excluding hydrogens is 331 g/mol. The number of ether oxygens (including phenoxy) is 3. The topological polar surface area (TPSA) is 73.9 Å². The minimum absolute atomic E-state index is 0.0515. The molecule has 0 bridgehead atoms. The molecule has 134 valence electrons. The van der Waals surface area contributed by atoms with Gasteiger partial charge in [0, 0.05) is 12.1 Å². The Balaban J connectivity index is 2.99. The summed E-state index contributed by atoms with van der Waals surface area (Å²) in [6, 6.07) is 3.63. The van der Waals surface area contributed by atoms with E-state index >= 15 is 0 Å². The average molecular weight is 349 g/mol. The molecule has 1 atom stereocenters. The van der Waals surface area contributed by atoms with Crippen molar-refractivity contribution in [2.45, 2.75) is 25.1 Å². The highest BCUT2D eigenvalue weighted by molar-refractivity contribution is 5.82. The lowest BCUT2D eigenvalue weighted by Crippen LogP contribution is -2.45. The maximum absolute atomic E-state index is 12.4. The summed E-state index contributed by atoms with van der Waals surface area (Å²) >= 11 is 0. The van der Waals surface area contributed by atoms with Crippen molar-refractivity contribution in [3.8, 4) is 11.5 Å². The van der Waals surface area contributed by atoms with E-state index in [1.54, 1.807) is 23.5 Å². The lowest BCUT2D eigenvalue weighted by Gasteiger charge is -2.20. The zero-order valence-corrected chi connectivity index (χ0v) is 13.4. The molecule has 0 radical (unpaired) electrons. The fraction of sp³-hybridized carbons (Fsp3) is 0.467. The number of hydrogen-bond donors (Lipinski definition) is 1. The third-order valence-corrected chi connectivity index (χ3v) is 3.19. The van der Waals surface area contributed by atoms with Crippen LogP contribution in [0.5, 0.6) is 11.5 Å². The molecule has 6 nitrogen and oxygen atoms in total. The largest absolute Gasteiger partial charge is 0.497 e. The fourth-order valence-corrected chi connectivity index (χ4v) is 2.01. The SMILES string of the molecule is COC(=O)C[C@@H](Cc1ccc(OC)cc1OC)NC(=O)C(F)(F)F. The van der Waals surface area contributed by atoms with Gasteiger partial charge in [0.2, 0.25) is 0 Å². The Morgan fingerprint density at radius 1 is 1.17 bits per heavy atom. The summed E-state index contributed by atoms with van der Waals surface area (Å²) in [5, 5.41) is 1.80. The number of benzene rings is 1. The van der Waals surface area contributed by atoms with Crippen LogP contribution in [-0.4, -0.2) is 45.4 Å². The number of esters is 1. The first-order chi connectivity index (χ1) is 11.2. The van der Waals surface area contributed by atoms with E-state index in [9.17, 15) is 22.8 Å². The lowest BCUT2D eigenvalue weighted by molar-refractivity contribution is -0.174. The number of hydrogen-bond acceptors (Lipinski definition) is 5. The predicted octanol–water partition coefficient (Wildman–Crippen LogP) is 1.86. The van der Waals surface area contributed by atoms with E-state index in [-0.39, 0.29) is 6.42 Å². The maximum atomic E-state index is 12.4. The van der Waals surface area contributed by atoms with Gasteiger partial charge in [0.25, 0.3) is 0 Å². The number of methoxy groups -OCH3 is 3. The van der Waals surface area contributed by atoms with Crippen molar-refractivity contribution >= 4 is 11.9 Å². The van der Waals surface area contributed by atoms with Crippen LogP contribution >= 0.6 is 0 Å². The van der Waals surface area contributed by atoms with Gasteiger partial charge in [-0.2, -0.15) is 13.2 Å². The molecule has 0 saturated carbocycles. The minimum atomic E-state index is -5.04. The number of rotatable bonds is 7. The molecule has 0 spiro atoms. The highest BCUT2D eigenvalue weighted by Crippen LogP contribution is 2.26.